The third-order valence-corrected chi connectivity index (χ3v) is 3.28. The summed E-state index contributed by atoms with van der Waals surface area (Å²) in [5.41, 5.74) is 0. The van der Waals surface area contributed by atoms with E-state index < -0.39 is 5.97 Å². The van der Waals surface area contributed by atoms with Gasteiger partial charge in [0.25, 0.3) is 6.47 Å². The average Bonchev–Trinajstić information content (AvgIpc) is 2.90. The lowest BCUT2D eigenvalue weighted by Gasteiger charge is -2.00. The first-order valence-corrected chi connectivity index (χ1v) is 7.57. The predicted octanol–water partition coefficient (Wildman–Crippen LogP) is 3.35. The molecule has 1 aromatic rings. The molecule has 0 saturated heterocycles. The Balaban J connectivity index is 2.06. The van der Waals surface area contributed by atoms with Crippen molar-refractivity contribution < 1.29 is 23.8 Å². The Kier molecular flexibility index (Phi) is 9.00. The summed E-state index contributed by atoms with van der Waals surface area (Å²) in [6.45, 7) is 0.971. The van der Waals surface area contributed by atoms with Crippen molar-refractivity contribution in [3.05, 3.63) is 23.7 Å². The van der Waals surface area contributed by atoms with Crippen molar-refractivity contribution in [2.24, 2.45) is 0 Å². The van der Waals surface area contributed by atoms with E-state index in [-0.39, 0.29) is 6.42 Å². The molecule has 0 aliphatic heterocycles. The minimum absolute atomic E-state index is 0.247. The molecule has 0 aliphatic carbocycles. The Hall–Kier alpha value is -1.78. The van der Waals surface area contributed by atoms with Gasteiger partial charge in [0, 0.05) is 19.3 Å². The maximum absolute atomic E-state index is 10.4. The highest BCUT2D eigenvalue weighted by Gasteiger charge is 2.03. The number of carbonyl (C=O) groups excluding carboxylic acids is 1. The van der Waals surface area contributed by atoms with Crippen LogP contribution < -0.4 is 0 Å². The van der Waals surface area contributed by atoms with E-state index in [0.29, 0.717) is 13.1 Å². The first-order chi connectivity index (χ1) is 10.2. The third kappa shape index (κ3) is 8.89. The van der Waals surface area contributed by atoms with Crippen LogP contribution in [-0.2, 0) is 27.2 Å². The standard InChI is InChI=1S/C16H24O5/c17-13-20-12-6-2-4-8-15-11-10-14(21-15)7-3-1-5-9-16(18)19/h10-11,13H,1-9,12H2,(H,18,19). The first kappa shape index (κ1) is 17.3. The molecule has 1 rings (SSSR count). The lowest BCUT2D eigenvalue weighted by molar-refractivity contribution is -0.137. The molecule has 1 aromatic heterocycles. The van der Waals surface area contributed by atoms with Gasteiger partial charge in [0.05, 0.1) is 6.61 Å². The molecule has 0 radical (unpaired) electrons. The quantitative estimate of drug-likeness (QED) is 0.446. The highest BCUT2D eigenvalue weighted by molar-refractivity contribution is 5.66. The van der Waals surface area contributed by atoms with E-state index in [1.165, 1.54) is 0 Å². The molecule has 0 amide bonds. The van der Waals surface area contributed by atoms with Crippen LogP contribution in [0.2, 0.25) is 0 Å². The normalized spacial score (nSPS) is 10.5. The number of hydrogen-bond donors (Lipinski definition) is 1. The van der Waals surface area contributed by atoms with Crippen LogP contribution in [0.5, 0.6) is 0 Å². The average molecular weight is 296 g/mol. The summed E-state index contributed by atoms with van der Waals surface area (Å²) in [5, 5.41) is 8.54. The third-order valence-electron chi connectivity index (χ3n) is 3.28. The van der Waals surface area contributed by atoms with E-state index in [2.05, 4.69) is 4.74 Å². The Bertz CT molecular complexity index is 411. The summed E-state index contributed by atoms with van der Waals surface area (Å²) in [6, 6.07) is 4.01. The van der Waals surface area contributed by atoms with Crippen molar-refractivity contribution >= 4 is 12.4 Å². The van der Waals surface area contributed by atoms with Crippen molar-refractivity contribution in [1.82, 2.24) is 0 Å². The monoisotopic (exact) mass is 296 g/mol. The van der Waals surface area contributed by atoms with Crippen LogP contribution >= 0.6 is 0 Å². The maximum atomic E-state index is 10.4. The lowest BCUT2D eigenvalue weighted by Crippen LogP contribution is -1.94. The Morgan fingerprint density at radius 3 is 2.24 bits per heavy atom. The summed E-state index contributed by atoms with van der Waals surface area (Å²) in [5.74, 6) is 1.24. The van der Waals surface area contributed by atoms with Crippen molar-refractivity contribution in [2.45, 2.75) is 57.8 Å². The van der Waals surface area contributed by atoms with Crippen LogP contribution in [0.25, 0.3) is 0 Å². The second-order valence-corrected chi connectivity index (χ2v) is 5.10. The number of rotatable bonds is 13. The lowest BCUT2D eigenvalue weighted by atomic mass is 10.1. The summed E-state index contributed by atoms with van der Waals surface area (Å²) < 4.78 is 10.4. The summed E-state index contributed by atoms with van der Waals surface area (Å²) in [6.07, 6.45) is 7.54. The molecule has 1 N–H and O–H groups in total. The maximum Gasteiger partial charge on any atom is 0.303 e. The van der Waals surface area contributed by atoms with Gasteiger partial charge in [-0.15, -0.1) is 0 Å². The highest BCUT2D eigenvalue weighted by atomic mass is 16.5. The molecule has 0 aromatic carbocycles. The molecular weight excluding hydrogens is 272 g/mol. The molecule has 1 heterocycles. The zero-order valence-electron chi connectivity index (χ0n) is 12.4. The number of unbranched alkanes of at least 4 members (excludes halogenated alkanes) is 4. The van der Waals surface area contributed by atoms with Crippen molar-refractivity contribution in [3.8, 4) is 0 Å². The van der Waals surface area contributed by atoms with Crippen LogP contribution in [0.1, 0.15) is 56.5 Å². The van der Waals surface area contributed by atoms with Crippen LogP contribution in [-0.4, -0.2) is 24.2 Å². The van der Waals surface area contributed by atoms with Gasteiger partial charge in [-0.05, 0) is 44.2 Å². The van der Waals surface area contributed by atoms with Gasteiger partial charge in [0.1, 0.15) is 11.5 Å². The van der Waals surface area contributed by atoms with Gasteiger partial charge in [-0.3, -0.25) is 9.59 Å². The highest BCUT2D eigenvalue weighted by Crippen LogP contribution is 2.14. The number of aliphatic carboxylic acids is 1. The Labute approximate surface area is 125 Å². The van der Waals surface area contributed by atoms with Crippen molar-refractivity contribution in [2.75, 3.05) is 6.61 Å². The zero-order chi connectivity index (χ0) is 15.3. The second kappa shape index (κ2) is 10.9. The van der Waals surface area contributed by atoms with Crippen LogP contribution in [0.4, 0.5) is 0 Å². The predicted molar refractivity (Wildman–Crippen MR) is 78.1 cm³/mol. The van der Waals surface area contributed by atoms with E-state index in [0.717, 1.165) is 62.9 Å². The molecule has 0 unspecified atom stereocenters. The number of carboxylic acids is 1. The van der Waals surface area contributed by atoms with Gasteiger partial charge in [0.2, 0.25) is 0 Å². The van der Waals surface area contributed by atoms with Gasteiger partial charge in [-0.25, -0.2) is 0 Å². The number of hydrogen-bond acceptors (Lipinski definition) is 4. The topological polar surface area (TPSA) is 76.7 Å². The molecule has 0 aliphatic rings. The summed E-state index contributed by atoms with van der Waals surface area (Å²) >= 11 is 0. The summed E-state index contributed by atoms with van der Waals surface area (Å²) in [4.78, 5) is 20.3. The van der Waals surface area contributed by atoms with E-state index in [1.807, 2.05) is 12.1 Å². The number of carbonyl (C=O) groups is 2. The smallest absolute Gasteiger partial charge is 0.303 e. The largest absolute Gasteiger partial charge is 0.481 e. The first-order valence-electron chi connectivity index (χ1n) is 7.57. The van der Waals surface area contributed by atoms with Crippen molar-refractivity contribution in [1.29, 1.82) is 0 Å². The van der Waals surface area contributed by atoms with E-state index >= 15 is 0 Å². The fourth-order valence-electron chi connectivity index (χ4n) is 2.15. The van der Waals surface area contributed by atoms with Gasteiger partial charge in [-0.1, -0.05) is 6.42 Å². The fourth-order valence-corrected chi connectivity index (χ4v) is 2.15. The molecule has 0 fully saturated rings. The Morgan fingerprint density at radius 2 is 1.67 bits per heavy atom. The number of ether oxygens (including phenoxy) is 1. The second-order valence-electron chi connectivity index (χ2n) is 5.10. The van der Waals surface area contributed by atoms with Crippen LogP contribution in [0.15, 0.2) is 16.5 Å². The molecule has 0 bridgehead atoms. The molecule has 5 heteroatoms. The molecule has 0 atom stereocenters. The molecule has 0 spiro atoms. The summed E-state index contributed by atoms with van der Waals surface area (Å²) in [7, 11) is 0. The molecular formula is C16H24O5. The number of aryl methyl sites for hydroxylation is 2. The zero-order valence-corrected chi connectivity index (χ0v) is 12.4. The van der Waals surface area contributed by atoms with E-state index in [9.17, 15) is 9.59 Å². The van der Waals surface area contributed by atoms with Gasteiger partial charge in [0.15, 0.2) is 0 Å². The minimum atomic E-state index is -0.728. The molecule has 5 nitrogen and oxygen atoms in total. The van der Waals surface area contributed by atoms with E-state index in [4.69, 9.17) is 9.52 Å². The Morgan fingerprint density at radius 1 is 1.05 bits per heavy atom. The van der Waals surface area contributed by atoms with Gasteiger partial charge < -0.3 is 14.3 Å². The van der Waals surface area contributed by atoms with Crippen LogP contribution in [0.3, 0.4) is 0 Å². The molecule has 118 valence electrons. The fraction of sp³-hybridized carbons (Fsp3) is 0.625. The number of carboxylic acid groups (broad SMARTS) is 1. The molecule has 21 heavy (non-hydrogen) atoms. The number of furan rings is 1. The molecule has 0 saturated carbocycles. The SMILES string of the molecule is O=COCCCCCc1ccc(CCCCCC(=O)O)o1. The van der Waals surface area contributed by atoms with E-state index in [1.54, 1.807) is 0 Å². The van der Waals surface area contributed by atoms with Gasteiger partial charge in [-0.2, -0.15) is 0 Å². The minimum Gasteiger partial charge on any atom is -0.481 e. The van der Waals surface area contributed by atoms with Crippen molar-refractivity contribution in [3.63, 3.8) is 0 Å². The van der Waals surface area contributed by atoms with Crippen LogP contribution in [0, 0.1) is 0 Å². The van der Waals surface area contributed by atoms with Gasteiger partial charge >= 0.3 is 5.97 Å².